The fourth-order valence-corrected chi connectivity index (χ4v) is 4.40. The molecule has 0 aliphatic rings. The second-order valence-electron chi connectivity index (χ2n) is 6.70. The van der Waals surface area contributed by atoms with E-state index in [1.165, 1.54) is 23.1 Å². The third kappa shape index (κ3) is 5.68. The lowest BCUT2D eigenvalue weighted by atomic mass is 10.3. The second kappa shape index (κ2) is 10.9. The summed E-state index contributed by atoms with van der Waals surface area (Å²) in [5, 5.41) is 21.4. The number of rotatable bonds is 10. The number of para-hydroxylation sites is 3. The summed E-state index contributed by atoms with van der Waals surface area (Å²) in [4.78, 5) is 12.4. The first-order chi connectivity index (χ1) is 16.2. The van der Waals surface area contributed by atoms with E-state index in [0.717, 1.165) is 17.1 Å². The Kier molecular flexibility index (Phi) is 7.53. The topological polar surface area (TPSA) is 104 Å². The van der Waals surface area contributed by atoms with E-state index < -0.39 is 0 Å². The molecule has 0 radical (unpaired) electrons. The van der Waals surface area contributed by atoms with Gasteiger partial charge in [0.25, 0.3) is 0 Å². The third-order valence-electron chi connectivity index (χ3n) is 4.49. The SMILES string of the molecule is CCc1nnc(NC(=O)CSc2nnc(COc3ccccc3OC)n2-c2ccccc2)s1. The molecule has 2 aromatic heterocycles. The molecule has 33 heavy (non-hydrogen) atoms. The van der Waals surface area contributed by atoms with Gasteiger partial charge in [0.15, 0.2) is 22.5 Å². The summed E-state index contributed by atoms with van der Waals surface area (Å²) in [5.41, 5.74) is 0.876. The summed E-state index contributed by atoms with van der Waals surface area (Å²) < 4.78 is 13.2. The van der Waals surface area contributed by atoms with E-state index in [9.17, 15) is 4.79 Å². The summed E-state index contributed by atoms with van der Waals surface area (Å²) in [6.45, 7) is 2.17. The number of carbonyl (C=O) groups excluding carboxylic acids is 1. The van der Waals surface area contributed by atoms with Crippen LogP contribution in [0.2, 0.25) is 0 Å². The van der Waals surface area contributed by atoms with Gasteiger partial charge in [-0.3, -0.25) is 14.7 Å². The Balaban J connectivity index is 1.49. The number of carbonyl (C=O) groups is 1. The quantitative estimate of drug-likeness (QED) is 0.338. The van der Waals surface area contributed by atoms with Crippen molar-refractivity contribution in [2.75, 3.05) is 18.2 Å². The fraction of sp³-hybridized carbons (Fsp3) is 0.227. The van der Waals surface area contributed by atoms with Gasteiger partial charge in [-0.1, -0.05) is 60.4 Å². The Hall–Kier alpha value is -3.44. The highest BCUT2D eigenvalue weighted by Crippen LogP contribution is 2.28. The number of hydrogen-bond acceptors (Lipinski definition) is 9. The molecule has 1 N–H and O–H groups in total. The van der Waals surface area contributed by atoms with Crippen molar-refractivity contribution in [3.8, 4) is 17.2 Å². The van der Waals surface area contributed by atoms with Crippen LogP contribution in [-0.2, 0) is 17.8 Å². The number of nitrogens with one attached hydrogen (secondary N) is 1. The predicted molar refractivity (Wildman–Crippen MR) is 127 cm³/mol. The van der Waals surface area contributed by atoms with Gasteiger partial charge in [-0.05, 0) is 30.7 Å². The summed E-state index contributed by atoms with van der Waals surface area (Å²) in [7, 11) is 1.60. The molecule has 2 aromatic carbocycles. The molecule has 1 amide bonds. The van der Waals surface area contributed by atoms with Gasteiger partial charge in [0.1, 0.15) is 11.6 Å². The number of nitrogens with zero attached hydrogens (tertiary/aromatic N) is 5. The molecule has 0 atom stereocenters. The number of anilines is 1. The Bertz CT molecular complexity index is 1210. The van der Waals surface area contributed by atoms with Crippen molar-refractivity contribution >= 4 is 34.1 Å². The van der Waals surface area contributed by atoms with E-state index in [0.29, 0.717) is 27.6 Å². The molecule has 0 saturated heterocycles. The zero-order valence-electron chi connectivity index (χ0n) is 18.1. The van der Waals surface area contributed by atoms with Crippen LogP contribution in [0.3, 0.4) is 0 Å². The molecular formula is C22H22N6O3S2. The number of aromatic nitrogens is 5. The number of thioether (sulfide) groups is 1. The minimum atomic E-state index is -0.187. The van der Waals surface area contributed by atoms with E-state index in [2.05, 4.69) is 25.7 Å². The van der Waals surface area contributed by atoms with Gasteiger partial charge in [0.05, 0.1) is 12.9 Å². The van der Waals surface area contributed by atoms with Crippen molar-refractivity contribution in [3.63, 3.8) is 0 Å². The number of amides is 1. The average Bonchev–Trinajstić information content (AvgIpc) is 3.48. The standard InChI is InChI=1S/C22H22N6O3S2/c1-3-20-25-26-21(33-20)23-19(29)14-32-22-27-24-18(28(22)15-9-5-4-6-10-15)13-31-17-12-8-7-11-16(17)30-2/h4-12H,3,13-14H2,1-2H3,(H,23,26,29). The first-order valence-electron chi connectivity index (χ1n) is 10.2. The number of benzene rings is 2. The minimum Gasteiger partial charge on any atom is -0.493 e. The fourth-order valence-electron chi connectivity index (χ4n) is 2.94. The number of aryl methyl sites for hydroxylation is 1. The maximum atomic E-state index is 12.4. The molecule has 0 aliphatic heterocycles. The molecule has 11 heteroatoms. The van der Waals surface area contributed by atoms with Crippen LogP contribution in [0.5, 0.6) is 11.5 Å². The molecule has 0 fully saturated rings. The van der Waals surface area contributed by atoms with Gasteiger partial charge >= 0.3 is 0 Å². The van der Waals surface area contributed by atoms with Crippen LogP contribution in [0.4, 0.5) is 5.13 Å². The summed E-state index contributed by atoms with van der Waals surface area (Å²) in [6.07, 6.45) is 0.780. The Labute approximate surface area is 199 Å². The zero-order chi connectivity index (χ0) is 23.0. The lowest BCUT2D eigenvalue weighted by Crippen LogP contribution is -2.14. The van der Waals surface area contributed by atoms with Crippen LogP contribution < -0.4 is 14.8 Å². The molecule has 4 rings (SSSR count). The van der Waals surface area contributed by atoms with Crippen LogP contribution in [0.1, 0.15) is 17.8 Å². The zero-order valence-corrected chi connectivity index (χ0v) is 19.7. The lowest BCUT2D eigenvalue weighted by molar-refractivity contribution is -0.113. The lowest BCUT2D eigenvalue weighted by Gasteiger charge is -2.12. The number of ether oxygens (including phenoxy) is 2. The predicted octanol–water partition coefficient (Wildman–Crippen LogP) is 4.00. The van der Waals surface area contributed by atoms with Crippen LogP contribution in [-0.4, -0.2) is 43.7 Å². The molecule has 0 spiro atoms. The number of hydrogen-bond donors (Lipinski definition) is 1. The van der Waals surface area contributed by atoms with Gasteiger partial charge in [-0.25, -0.2) is 0 Å². The van der Waals surface area contributed by atoms with Crippen LogP contribution in [0.25, 0.3) is 5.69 Å². The molecular weight excluding hydrogens is 460 g/mol. The molecule has 0 aliphatic carbocycles. The van der Waals surface area contributed by atoms with Gasteiger partial charge in [0, 0.05) is 5.69 Å². The van der Waals surface area contributed by atoms with Crippen molar-refractivity contribution in [3.05, 3.63) is 65.4 Å². The Morgan fingerprint density at radius 2 is 1.79 bits per heavy atom. The average molecular weight is 483 g/mol. The molecule has 9 nitrogen and oxygen atoms in total. The van der Waals surface area contributed by atoms with E-state index in [-0.39, 0.29) is 18.3 Å². The molecule has 4 aromatic rings. The maximum absolute atomic E-state index is 12.4. The van der Waals surface area contributed by atoms with Crippen molar-refractivity contribution < 1.29 is 14.3 Å². The Morgan fingerprint density at radius 1 is 1.03 bits per heavy atom. The molecule has 170 valence electrons. The molecule has 0 saturated carbocycles. The highest BCUT2D eigenvalue weighted by atomic mass is 32.2. The largest absolute Gasteiger partial charge is 0.493 e. The van der Waals surface area contributed by atoms with Crippen molar-refractivity contribution in [2.24, 2.45) is 0 Å². The minimum absolute atomic E-state index is 0.152. The van der Waals surface area contributed by atoms with E-state index in [1.807, 2.05) is 66.1 Å². The summed E-state index contributed by atoms with van der Waals surface area (Å²) in [5.74, 6) is 1.82. The molecule has 0 bridgehead atoms. The highest BCUT2D eigenvalue weighted by molar-refractivity contribution is 7.99. The monoisotopic (exact) mass is 482 g/mol. The summed E-state index contributed by atoms with van der Waals surface area (Å²) in [6, 6.07) is 17.1. The van der Waals surface area contributed by atoms with E-state index in [4.69, 9.17) is 9.47 Å². The smallest absolute Gasteiger partial charge is 0.236 e. The van der Waals surface area contributed by atoms with Crippen LogP contribution in [0.15, 0.2) is 59.8 Å². The van der Waals surface area contributed by atoms with Crippen molar-refractivity contribution in [1.29, 1.82) is 0 Å². The van der Waals surface area contributed by atoms with Gasteiger partial charge in [0.2, 0.25) is 11.0 Å². The van der Waals surface area contributed by atoms with Gasteiger partial charge in [-0.2, -0.15) is 0 Å². The first kappa shape index (κ1) is 22.7. The van der Waals surface area contributed by atoms with Crippen molar-refractivity contribution in [2.45, 2.75) is 25.1 Å². The highest BCUT2D eigenvalue weighted by Gasteiger charge is 2.17. The summed E-state index contributed by atoms with van der Waals surface area (Å²) >= 11 is 2.66. The number of methoxy groups -OCH3 is 1. The first-order valence-corrected chi connectivity index (χ1v) is 12.0. The van der Waals surface area contributed by atoms with E-state index >= 15 is 0 Å². The van der Waals surface area contributed by atoms with E-state index in [1.54, 1.807) is 7.11 Å². The van der Waals surface area contributed by atoms with Gasteiger partial charge < -0.3 is 9.47 Å². The molecule has 0 unspecified atom stereocenters. The maximum Gasteiger partial charge on any atom is 0.236 e. The third-order valence-corrected chi connectivity index (χ3v) is 6.40. The van der Waals surface area contributed by atoms with Gasteiger partial charge in [-0.15, -0.1) is 20.4 Å². The Morgan fingerprint density at radius 3 is 2.52 bits per heavy atom. The second-order valence-corrected chi connectivity index (χ2v) is 8.71. The molecule has 2 heterocycles. The van der Waals surface area contributed by atoms with Crippen molar-refractivity contribution in [1.82, 2.24) is 25.0 Å². The van der Waals surface area contributed by atoms with Crippen LogP contribution in [0, 0.1) is 0 Å². The van der Waals surface area contributed by atoms with Crippen LogP contribution >= 0.6 is 23.1 Å². The normalized spacial score (nSPS) is 10.7.